The third kappa shape index (κ3) is 7.69. The van der Waals surface area contributed by atoms with Crippen LogP contribution in [0.2, 0.25) is 5.02 Å². The largest absolute Gasteiger partial charge is 0.477 e. The lowest BCUT2D eigenvalue weighted by molar-refractivity contribution is -0.147. The van der Waals surface area contributed by atoms with Crippen molar-refractivity contribution in [2.24, 2.45) is 24.3 Å². The molecule has 1 amide bonds. The van der Waals surface area contributed by atoms with Gasteiger partial charge in [0.2, 0.25) is 11.8 Å². The Balaban J connectivity index is 1.34. The van der Waals surface area contributed by atoms with E-state index in [4.69, 9.17) is 30.8 Å². The summed E-state index contributed by atoms with van der Waals surface area (Å²) in [5, 5.41) is 8.45. The van der Waals surface area contributed by atoms with E-state index in [9.17, 15) is 4.79 Å². The first kappa shape index (κ1) is 36.2. The van der Waals surface area contributed by atoms with Crippen LogP contribution in [0.15, 0.2) is 79.3 Å². The zero-order valence-electron chi connectivity index (χ0n) is 30.6. The van der Waals surface area contributed by atoms with Crippen LogP contribution >= 0.6 is 11.6 Å². The zero-order valence-corrected chi connectivity index (χ0v) is 31.4. The van der Waals surface area contributed by atoms with Crippen LogP contribution < -0.4 is 10.1 Å². The lowest BCUT2D eigenvalue weighted by atomic mass is 9.67. The van der Waals surface area contributed by atoms with Crippen LogP contribution in [0, 0.1) is 17.3 Å². The number of ether oxygens (including phenoxy) is 3. The molecule has 1 aliphatic rings. The predicted molar refractivity (Wildman–Crippen MR) is 199 cm³/mol. The summed E-state index contributed by atoms with van der Waals surface area (Å²) >= 11 is 6.61. The molecule has 0 spiro atoms. The summed E-state index contributed by atoms with van der Waals surface area (Å²) in [5.74, 6) is 0.422. The van der Waals surface area contributed by atoms with Crippen molar-refractivity contribution < 1.29 is 19.0 Å². The van der Waals surface area contributed by atoms with E-state index in [-0.39, 0.29) is 36.1 Å². The molecule has 3 unspecified atom stereocenters. The van der Waals surface area contributed by atoms with Crippen molar-refractivity contribution in [3.8, 4) is 5.88 Å². The quantitative estimate of drug-likeness (QED) is 0.148. The second kappa shape index (κ2) is 14.2. The van der Waals surface area contributed by atoms with Gasteiger partial charge in [-0.2, -0.15) is 15.1 Å². The highest BCUT2D eigenvalue weighted by molar-refractivity contribution is 6.35. The van der Waals surface area contributed by atoms with Gasteiger partial charge in [0.25, 0.3) is 0 Å². The molecule has 6 rings (SSSR count). The van der Waals surface area contributed by atoms with Gasteiger partial charge in [-0.1, -0.05) is 93.0 Å². The predicted octanol–water partition coefficient (Wildman–Crippen LogP) is 8.35. The first-order valence-corrected chi connectivity index (χ1v) is 17.7. The van der Waals surface area contributed by atoms with E-state index in [1.54, 1.807) is 22.0 Å². The summed E-state index contributed by atoms with van der Waals surface area (Å²) in [6, 6.07) is 20.8. The van der Waals surface area contributed by atoms with Crippen molar-refractivity contribution in [3.05, 3.63) is 95.4 Å². The van der Waals surface area contributed by atoms with E-state index >= 15 is 0 Å². The Bertz CT molecular complexity index is 1910. The van der Waals surface area contributed by atoms with Gasteiger partial charge in [0.15, 0.2) is 0 Å². The molecule has 0 radical (unpaired) electrons. The molecule has 1 aliphatic heterocycles. The number of H-pyrrole nitrogens is 1. The highest BCUT2D eigenvalue weighted by Crippen LogP contribution is 2.50. The average molecular weight is 714 g/mol. The maximum atomic E-state index is 13.5. The monoisotopic (exact) mass is 713 g/mol. The molecule has 4 heterocycles. The molecule has 11 nitrogen and oxygen atoms in total. The molecule has 0 saturated carbocycles. The van der Waals surface area contributed by atoms with E-state index < -0.39 is 11.2 Å². The Morgan fingerprint density at radius 2 is 1.65 bits per heavy atom. The smallest absolute Gasteiger partial charge is 0.410 e. The Hall–Kier alpha value is -4.61. The molecule has 1 saturated heterocycles. The van der Waals surface area contributed by atoms with E-state index in [1.165, 1.54) is 0 Å². The summed E-state index contributed by atoms with van der Waals surface area (Å²) < 4.78 is 21.5. The molecular formula is C39H48ClN7O4. The molecular weight excluding hydrogens is 666 g/mol. The topological polar surface area (TPSA) is 119 Å². The van der Waals surface area contributed by atoms with Crippen molar-refractivity contribution in [1.29, 1.82) is 0 Å². The SMILES string of the molecule is CC(OC(c1ccccc1)(c1ccccc1)C(C)(C)C)C1CN(C(=O)OC(C)(C)C)CC1COc1nc(Nc2cnn(C)c2)nc2[nH]cc(Cl)c12. The minimum Gasteiger partial charge on any atom is -0.477 e. The number of carbonyl (C=O) groups excluding carboxylic acids is 1. The van der Waals surface area contributed by atoms with Crippen molar-refractivity contribution in [3.63, 3.8) is 0 Å². The number of fused-ring (bicyclic) bond motifs is 1. The molecule has 0 bridgehead atoms. The van der Waals surface area contributed by atoms with Gasteiger partial charge in [-0.05, 0) is 44.2 Å². The third-order valence-corrected chi connectivity index (χ3v) is 9.67. The third-order valence-electron chi connectivity index (χ3n) is 9.37. The molecule has 51 heavy (non-hydrogen) atoms. The number of nitrogens with zero attached hydrogens (tertiary/aromatic N) is 5. The van der Waals surface area contributed by atoms with Crippen LogP contribution in [-0.2, 0) is 22.1 Å². The lowest BCUT2D eigenvalue weighted by Crippen LogP contribution is -2.48. The number of hydrogen-bond acceptors (Lipinski definition) is 8. The lowest BCUT2D eigenvalue weighted by Gasteiger charge is -2.48. The summed E-state index contributed by atoms with van der Waals surface area (Å²) in [6.45, 7) is 15.5. The van der Waals surface area contributed by atoms with Gasteiger partial charge in [-0.15, -0.1) is 0 Å². The van der Waals surface area contributed by atoms with Crippen molar-refractivity contribution in [2.75, 3.05) is 25.0 Å². The van der Waals surface area contributed by atoms with Crippen LogP contribution in [0.4, 0.5) is 16.4 Å². The number of likely N-dealkylation sites (tertiary alicyclic amines) is 1. The van der Waals surface area contributed by atoms with Gasteiger partial charge in [-0.25, -0.2) is 4.79 Å². The van der Waals surface area contributed by atoms with Gasteiger partial charge in [0.05, 0.1) is 35.0 Å². The number of benzene rings is 2. The number of carbonyl (C=O) groups is 1. The van der Waals surface area contributed by atoms with Crippen LogP contribution in [0.1, 0.15) is 59.6 Å². The standard InChI is InChI=1S/C39H48ClN7O4/c1-25(50-39(37(2,3)4,27-15-11-9-12-16-27)28-17-13-10-14-18-28)30-23-47(36(48)51-38(5,6)7)21-26(30)24-49-34-32-31(40)20-41-33(32)44-35(45-34)43-29-19-42-46(8)22-29/h9-20,22,25-26,30H,21,23-24H2,1-8H3,(H2,41,43,44,45). The van der Waals surface area contributed by atoms with E-state index in [0.29, 0.717) is 41.0 Å². The molecule has 2 N–H and O–H groups in total. The fourth-order valence-corrected chi connectivity index (χ4v) is 7.29. The van der Waals surface area contributed by atoms with Crippen molar-refractivity contribution in [2.45, 2.75) is 65.8 Å². The second-order valence-electron chi connectivity index (χ2n) is 15.3. The van der Waals surface area contributed by atoms with Crippen LogP contribution in [0.5, 0.6) is 5.88 Å². The van der Waals surface area contributed by atoms with E-state index in [1.807, 2.05) is 46.1 Å². The van der Waals surface area contributed by atoms with Crippen LogP contribution in [0.25, 0.3) is 11.0 Å². The Labute approximate surface area is 304 Å². The highest BCUT2D eigenvalue weighted by atomic mass is 35.5. The number of aromatic amines is 1. The number of aryl methyl sites for hydroxylation is 1. The first-order chi connectivity index (χ1) is 24.1. The summed E-state index contributed by atoms with van der Waals surface area (Å²) in [7, 11) is 1.84. The number of anilines is 2. The summed E-state index contributed by atoms with van der Waals surface area (Å²) in [5.41, 5.74) is 1.59. The Morgan fingerprint density at radius 1 is 1.00 bits per heavy atom. The van der Waals surface area contributed by atoms with Crippen LogP contribution in [0.3, 0.4) is 0 Å². The number of nitrogens with one attached hydrogen (secondary N) is 2. The summed E-state index contributed by atoms with van der Waals surface area (Å²) in [4.78, 5) is 27.7. The van der Waals surface area contributed by atoms with Gasteiger partial charge in [0.1, 0.15) is 16.8 Å². The number of hydrogen-bond donors (Lipinski definition) is 2. The van der Waals surface area contributed by atoms with Gasteiger partial charge < -0.3 is 29.4 Å². The van der Waals surface area contributed by atoms with Crippen molar-refractivity contribution in [1.82, 2.24) is 29.6 Å². The zero-order chi connectivity index (χ0) is 36.6. The fourth-order valence-electron chi connectivity index (χ4n) is 7.06. The Kier molecular flexibility index (Phi) is 10.1. The first-order valence-electron chi connectivity index (χ1n) is 17.3. The number of halogens is 1. The van der Waals surface area contributed by atoms with Gasteiger partial charge in [0, 0.05) is 44.4 Å². The molecule has 12 heteroatoms. The fraction of sp³-hybridized carbons (Fsp3) is 0.436. The summed E-state index contributed by atoms with van der Waals surface area (Å²) in [6.07, 6.45) is 4.51. The second-order valence-corrected chi connectivity index (χ2v) is 15.8. The molecule has 5 aromatic rings. The maximum Gasteiger partial charge on any atom is 0.410 e. The minimum atomic E-state index is -0.802. The minimum absolute atomic E-state index is 0.112. The Morgan fingerprint density at radius 3 is 2.22 bits per heavy atom. The van der Waals surface area contributed by atoms with Crippen molar-refractivity contribution >= 4 is 40.4 Å². The molecule has 270 valence electrons. The maximum absolute atomic E-state index is 13.5. The highest BCUT2D eigenvalue weighted by Gasteiger charge is 2.50. The molecule has 3 aromatic heterocycles. The number of aromatic nitrogens is 5. The van der Waals surface area contributed by atoms with Gasteiger partial charge >= 0.3 is 6.09 Å². The molecule has 3 atom stereocenters. The van der Waals surface area contributed by atoms with E-state index in [2.05, 4.69) is 96.6 Å². The number of amides is 1. The average Bonchev–Trinajstić information content (AvgIpc) is 3.80. The molecule has 0 aliphatic carbocycles. The molecule has 2 aromatic carbocycles. The van der Waals surface area contributed by atoms with Crippen LogP contribution in [-0.4, -0.2) is 67.1 Å². The normalized spacial score (nSPS) is 17.5. The van der Waals surface area contributed by atoms with Gasteiger partial charge in [-0.3, -0.25) is 4.68 Å². The number of rotatable bonds is 10. The van der Waals surface area contributed by atoms with E-state index in [0.717, 1.165) is 16.8 Å². The molecule has 1 fully saturated rings.